The van der Waals surface area contributed by atoms with Crippen LogP contribution in [-0.4, -0.2) is 11.8 Å². The quantitative estimate of drug-likeness (QED) is 0.575. The number of allylic oxidation sites excluding steroid dienone is 1. The van der Waals surface area contributed by atoms with E-state index in [9.17, 15) is 0 Å². The number of nitrogens with zero attached hydrogens (tertiary/aromatic N) is 1. The average Bonchev–Trinajstić information content (AvgIpc) is 2.75. The summed E-state index contributed by atoms with van der Waals surface area (Å²) in [4.78, 5) is 4.72. The van der Waals surface area contributed by atoms with Crippen LogP contribution < -0.4 is 0 Å². The second-order valence-electron chi connectivity index (χ2n) is 4.66. The van der Waals surface area contributed by atoms with Crippen LogP contribution in [0, 0.1) is 17.8 Å². The maximum atomic E-state index is 4.72. The van der Waals surface area contributed by atoms with Gasteiger partial charge in [-0.05, 0) is 38.0 Å². The molecule has 1 nitrogen and oxygen atoms in total. The fraction of sp³-hybridized carbons (Fsp3) is 0.750. The van der Waals surface area contributed by atoms with Crippen molar-refractivity contribution in [2.24, 2.45) is 22.7 Å². The van der Waals surface area contributed by atoms with Gasteiger partial charge in [-0.3, -0.25) is 4.99 Å². The summed E-state index contributed by atoms with van der Waals surface area (Å²) in [6.45, 7) is 10.7. The van der Waals surface area contributed by atoms with Crippen molar-refractivity contribution in [2.75, 3.05) is 0 Å². The summed E-state index contributed by atoms with van der Waals surface area (Å²) < 4.78 is 0. The topological polar surface area (TPSA) is 12.4 Å². The predicted molar refractivity (Wildman–Crippen MR) is 57.1 cm³/mol. The maximum Gasteiger partial charge on any atom is 0.0567 e. The van der Waals surface area contributed by atoms with Crippen LogP contribution in [0.5, 0.6) is 0 Å². The molecular formula is C12H19N. The Hall–Kier alpha value is -0.590. The third kappa shape index (κ3) is 1.34. The highest BCUT2D eigenvalue weighted by Gasteiger charge is 2.54. The predicted octanol–water partition coefficient (Wildman–Crippen LogP) is 3.07. The number of hydrogen-bond acceptors (Lipinski definition) is 1. The van der Waals surface area contributed by atoms with Crippen LogP contribution in [0.15, 0.2) is 17.1 Å². The highest BCUT2D eigenvalue weighted by molar-refractivity contribution is 5.84. The van der Waals surface area contributed by atoms with Crippen molar-refractivity contribution in [3.63, 3.8) is 0 Å². The first-order valence-electron chi connectivity index (χ1n) is 5.33. The fourth-order valence-corrected chi connectivity index (χ4v) is 2.88. The smallest absolute Gasteiger partial charge is 0.0567 e. The van der Waals surface area contributed by atoms with Crippen molar-refractivity contribution in [1.29, 1.82) is 0 Å². The van der Waals surface area contributed by atoms with Crippen LogP contribution in [0.3, 0.4) is 0 Å². The van der Waals surface area contributed by atoms with Gasteiger partial charge in [-0.2, -0.15) is 0 Å². The van der Waals surface area contributed by atoms with Crippen LogP contribution in [0.2, 0.25) is 0 Å². The van der Waals surface area contributed by atoms with E-state index in [1.807, 2.05) is 0 Å². The maximum absolute atomic E-state index is 4.72. The second-order valence-corrected chi connectivity index (χ2v) is 4.66. The van der Waals surface area contributed by atoms with Crippen LogP contribution >= 0.6 is 0 Å². The van der Waals surface area contributed by atoms with E-state index in [4.69, 9.17) is 4.99 Å². The molecule has 1 aliphatic carbocycles. The molecule has 0 aromatic carbocycles. The van der Waals surface area contributed by atoms with Crippen LogP contribution in [0.1, 0.15) is 33.6 Å². The Morgan fingerprint density at radius 3 is 2.85 bits per heavy atom. The van der Waals surface area contributed by atoms with Gasteiger partial charge in [0, 0.05) is 5.71 Å². The van der Waals surface area contributed by atoms with Gasteiger partial charge in [-0.15, -0.1) is 0 Å². The molecule has 0 aromatic rings. The minimum atomic E-state index is 0.653. The van der Waals surface area contributed by atoms with Gasteiger partial charge in [-0.1, -0.05) is 25.5 Å². The molecule has 1 heterocycles. The van der Waals surface area contributed by atoms with E-state index in [-0.39, 0.29) is 0 Å². The van der Waals surface area contributed by atoms with E-state index >= 15 is 0 Å². The SMILES string of the molecule is C=C(C)C1CC(C)=NC2C(CC)C12. The molecule has 0 N–H and O–H groups in total. The molecule has 0 spiro atoms. The number of fused-ring (bicyclic) bond motifs is 1. The highest BCUT2D eigenvalue weighted by Crippen LogP contribution is 2.54. The normalized spacial score (nSPS) is 42.2. The number of rotatable bonds is 2. The van der Waals surface area contributed by atoms with Gasteiger partial charge >= 0.3 is 0 Å². The van der Waals surface area contributed by atoms with Gasteiger partial charge in [0.05, 0.1) is 6.04 Å². The monoisotopic (exact) mass is 177 g/mol. The Kier molecular flexibility index (Phi) is 2.05. The third-order valence-corrected chi connectivity index (χ3v) is 3.64. The lowest BCUT2D eigenvalue weighted by Crippen LogP contribution is -2.16. The van der Waals surface area contributed by atoms with E-state index < -0.39 is 0 Å². The van der Waals surface area contributed by atoms with Crippen LogP contribution in [0.4, 0.5) is 0 Å². The van der Waals surface area contributed by atoms with Gasteiger partial charge in [-0.25, -0.2) is 0 Å². The zero-order valence-electron chi connectivity index (χ0n) is 8.88. The molecule has 0 radical (unpaired) electrons. The summed E-state index contributed by atoms with van der Waals surface area (Å²) in [5.74, 6) is 2.43. The van der Waals surface area contributed by atoms with Gasteiger partial charge in [0.2, 0.25) is 0 Å². The number of hydrogen-bond donors (Lipinski definition) is 0. The average molecular weight is 177 g/mol. The zero-order valence-corrected chi connectivity index (χ0v) is 8.88. The molecule has 0 aromatic heterocycles. The minimum Gasteiger partial charge on any atom is -0.290 e. The molecular weight excluding hydrogens is 158 g/mol. The van der Waals surface area contributed by atoms with Gasteiger partial charge in [0.1, 0.15) is 0 Å². The lowest BCUT2D eigenvalue weighted by Gasteiger charge is -2.20. The molecule has 2 rings (SSSR count). The van der Waals surface area contributed by atoms with Crippen molar-refractivity contribution >= 4 is 5.71 Å². The lowest BCUT2D eigenvalue weighted by atomic mass is 9.88. The van der Waals surface area contributed by atoms with E-state index in [1.54, 1.807) is 0 Å². The van der Waals surface area contributed by atoms with Gasteiger partial charge in [0.15, 0.2) is 0 Å². The van der Waals surface area contributed by atoms with Crippen molar-refractivity contribution in [2.45, 2.75) is 39.7 Å². The molecule has 0 saturated heterocycles. The summed E-state index contributed by atoms with van der Waals surface area (Å²) in [6, 6.07) is 0.653. The molecule has 0 amide bonds. The Morgan fingerprint density at radius 2 is 2.31 bits per heavy atom. The van der Waals surface area contributed by atoms with E-state index in [2.05, 4.69) is 27.4 Å². The Labute approximate surface area is 80.9 Å². The van der Waals surface area contributed by atoms with Crippen LogP contribution in [0.25, 0.3) is 0 Å². The Bertz CT molecular complexity index is 264. The largest absolute Gasteiger partial charge is 0.290 e. The Morgan fingerprint density at radius 1 is 1.62 bits per heavy atom. The summed E-state index contributed by atoms with van der Waals surface area (Å²) in [5.41, 5.74) is 2.70. The summed E-state index contributed by atoms with van der Waals surface area (Å²) in [5, 5.41) is 0. The Balaban J connectivity index is 2.17. The first kappa shape index (κ1) is 8.98. The first-order valence-corrected chi connectivity index (χ1v) is 5.33. The van der Waals surface area contributed by atoms with Crippen molar-refractivity contribution in [3.8, 4) is 0 Å². The highest BCUT2D eigenvalue weighted by atomic mass is 14.9. The van der Waals surface area contributed by atoms with Gasteiger partial charge < -0.3 is 0 Å². The fourth-order valence-electron chi connectivity index (χ4n) is 2.88. The molecule has 1 fully saturated rings. The van der Waals surface area contributed by atoms with E-state index in [0.717, 1.165) is 24.2 Å². The van der Waals surface area contributed by atoms with E-state index in [0.29, 0.717) is 6.04 Å². The molecule has 0 bridgehead atoms. The lowest BCUT2D eigenvalue weighted by molar-refractivity contribution is 0.497. The molecule has 72 valence electrons. The zero-order chi connectivity index (χ0) is 9.59. The van der Waals surface area contributed by atoms with Crippen molar-refractivity contribution in [3.05, 3.63) is 12.2 Å². The summed E-state index contributed by atoms with van der Waals surface area (Å²) >= 11 is 0. The summed E-state index contributed by atoms with van der Waals surface area (Å²) in [7, 11) is 0. The van der Waals surface area contributed by atoms with Crippen LogP contribution in [-0.2, 0) is 0 Å². The van der Waals surface area contributed by atoms with E-state index in [1.165, 1.54) is 17.7 Å². The minimum absolute atomic E-state index is 0.653. The van der Waals surface area contributed by atoms with Gasteiger partial charge in [0.25, 0.3) is 0 Å². The summed E-state index contributed by atoms with van der Waals surface area (Å²) in [6.07, 6.45) is 2.45. The third-order valence-electron chi connectivity index (χ3n) is 3.64. The number of aliphatic imine (C=N–C) groups is 1. The molecule has 2 aliphatic rings. The second kappa shape index (κ2) is 2.97. The molecule has 4 unspecified atom stereocenters. The van der Waals surface area contributed by atoms with Crippen molar-refractivity contribution in [1.82, 2.24) is 0 Å². The molecule has 1 heteroatoms. The molecule has 4 atom stereocenters. The first-order chi connectivity index (χ1) is 6.15. The molecule has 1 aliphatic heterocycles. The molecule has 1 saturated carbocycles. The van der Waals surface area contributed by atoms with Crippen molar-refractivity contribution < 1.29 is 0 Å². The molecule has 13 heavy (non-hydrogen) atoms. The standard InChI is InChI=1S/C12H19N/c1-5-9-11-10(7(2)3)6-8(4)13-12(9)11/h9-12H,2,5-6H2,1,3-4H3.